The van der Waals surface area contributed by atoms with Gasteiger partial charge in [-0.1, -0.05) is 281 Å². The van der Waals surface area contributed by atoms with E-state index in [9.17, 15) is 14.4 Å². The van der Waals surface area contributed by atoms with E-state index in [2.05, 4.69) is 191 Å². The lowest BCUT2D eigenvalue weighted by Crippen LogP contribution is -2.30. The van der Waals surface area contributed by atoms with Gasteiger partial charge in [0.1, 0.15) is 13.2 Å². The van der Waals surface area contributed by atoms with Crippen LogP contribution in [0.15, 0.2) is 170 Å². The number of esters is 3. The van der Waals surface area contributed by atoms with Crippen LogP contribution in [-0.4, -0.2) is 37.2 Å². The van der Waals surface area contributed by atoms with E-state index >= 15 is 0 Å². The Labute approximate surface area is 498 Å². The van der Waals surface area contributed by atoms with E-state index in [4.69, 9.17) is 14.2 Å². The average molecular weight is 1120 g/mol. The molecule has 0 aromatic carbocycles. The average Bonchev–Trinajstić information content (AvgIpc) is 3.47. The van der Waals surface area contributed by atoms with Crippen molar-refractivity contribution in [2.24, 2.45) is 0 Å². The van der Waals surface area contributed by atoms with Crippen molar-refractivity contribution in [3.63, 3.8) is 0 Å². The molecule has 1 atom stereocenters. The summed E-state index contributed by atoms with van der Waals surface area (Å²) in [6.07, 6.45) is 99.4. The van der Waals surface area contributed by atoms with Gasteiger partial charge in [0.05, 0.1) is 0 Å². The lowest BCUT2D eigenvalue weighted by molar-refractivity contribution is -0.167. The van der Waals surface area contributed by atoms with Gasteiger partial charge in [0.2, 0.25) is 0 Å². The fourth-order valence-corrected chi connectivity index (χ4v) is 8.40. The molecule has 0 aromatic rings. The third-order valence-electron chi connectivity index (χ3n) is 13.2. The zero-order valence-corrected chi connectivity index (χ0v) is 52.0. The van der Waals surface area contributed by atoms with E-state index in [1.54, 1.807) is 0 Å². The Balaban J connectivity index is 4.39. The summed E-state index contributed by atoms with van der Waals surface area (Å²) in [6.45, 7) is 6.35. The van der Waals surface area contributed by atoms with E-state index in [0.29, 0.717) is 25.7 Å². The van der Waals surface area contributed by atoms with Gasteiger partial charge in [-0.05, 0) is 135 Å². The summed E-state index contributed by atoms with van der Waals surface area (Å²) in [4.78, 5) is 38.2. The molecule has 0 heterocycles. The Hall–Kier alpha value is -5.23. The third-order valence-corrected chi connectivity index (χ3v) is 13.2. The van der Waals surface area contributed by atoms with Crippen LogP contribution in [0.1, 0.15) is 265 Å². The number of ether oxygens (including phenoxy) is 3. The van der Waals surface area contributed by atoms with E-state index in [0.717, 1.165) is 154 Å². The Bertz CT molecular complexity index is 1860. The molecule has 0 aromatic heterocycles. The van der Waals surface area contributed by atoms with Gasteiger partial charge in [0.15, 0.2) is 6.10 Å². The largest absolute Gasteiger partial charge is 0.462 e. The van der Waals surface area contributed by atoms with E-state index < -0.39 is 6.10 Å². The summed E-state index contributed by atoms with van der Waals surface area (Å²) in [7, 11) is 0. The summed E-state index contributed by atoms with van der Waals surface area (Å²) < 4.78 is 16.8. The SMILES string of the molecule is CC/C=C\C/C=C\C/C=C\C/C=C\C/C=C\C/C=C\C/C=C\C/C=C\C/C=C\C/C=C\CCCCC(=O)OCC(COC(=O)CCCCCCCCCCCCC)OC(=O)CCCCCCCC/C=C\C/C=C\C/C=C\C/C=C\CC. The maximum Gasteiger partial charge on any atom is 0.306 e. The molecule has 0 aliphatic heterocycles. The van der Waals surface area contributed by atoms with E-state index in [1.807, 2.05) is 0 Å². The van der Waals surface area contributed by atoms with Crippen LogP contribution in [0.3, 0.4) is 0 Å². The number of rotatable bonds is 57. The smallest absolute Gasteiger partial charge is 0.306 e. The van der Waals surface area contributed by atoms with Gasteiger partial charge in [-0.25, -0.2) is 0 Å². The molecule has 0 N–H and O–H groups in total. The number of unbranched alkanes of at least 4 members (excludes halogenated alkanes) is 18. The Kier molecular flexibility index (Phi) is 62.9. The van der Waals surface area contributed by atoms with E-state index in [1.165, 1.54) is 64.2 Å². The number of carbonyl (C=O) groups is 3. The van der Waals surface area contributed by atoms with Crippen molar-refractivity contribution in [3.8, 4) is 0 Å². The zero-order chi connectivity index (χ0) is 58.5. The van der Waals surface area contributed by atoms with Gasteiger partial charge in [0, 0.05) is 19.3 Å². The molecule has 81 heavy (non-hydrogen) atoms. The molecule has 0 bridgehead atoms. The second kappa shape index (κ2) is 67.3. The van der Waals surface area contributed by atoms with Crippen LogP contribution in [0, 0.1) is 0 Å². The molecule has 0 saturated heterocycles. The van der Waals surface area contributed by atoms with Crippen molar-refractivity contribution in [2.45, 2.75) is 271 Å². The summed E-state index contributed by atoms with van der Waals surface area (Å²) in [6, 6.07) is 0. The minimum absolute atomic E-state index is 0.103. The fraction of sp³-hybridized carbons (Fsp3) is 0.587. The van der Waals surface area contributed by atoms with Crippen molar-refractivity contribution in [2.75, 3.05) is 13.2 Å². The molecular weight excluding hydrogens is 997 g/mol. The highest BCUT2D eigenvalue weighted by Crippen LogP contribution is 2.14. The van der Waals surface area contributed by atoms with Crippen LogP contribution in [0.5, 0.6) is 0 Å². The molecule has 0 amide bonds. The van der Waals surface area contributed by atoms with Gasteiger partial charge in [-0.3, -0.25) is 14.4 Å². The lowest BCUT2D eigenvalue weighted by Gasteiger charge is -2.18. The fourth-order valence-electron chi connectivity index (χ4n) is 8.40. The van der Waals surface area contributed by atoms with Gasteiger partial charge in [-0.15, -0.1) is 0 Å². The molecule has 6 heteroatoms. The summed E-state index contributed by atoms with van der Waals surface area (Å²) >= 11 is 0. The van der Waals surface area contributed by atoms with Gasteiger partial charge < -0.3 is 14.2 Å². The van der Waals surface area contributed by atoms with Gasteiger partial charge in [-0.2, -0.15) is 0 Å². The van der Waals surface area contributed by atoms with Crippen LogP contribution in [0.4, 0.5) is 0 Å². The molecule has 1 unspecified atom stereocenters. The van der Waals surface area contributed by atoms with E-state index in [-0.39, 0.29) is 31.1 Å². The quantitative estimate of drug-likeness (QED) is 0.0261. The number of carbonyl (C=O) groups excluding carboxylic acids is 3. The van der Waals surface area contributed by atoms with Crippen molar-refractivity contribution >= 4 is 17.9 Å². The highest BCUT2D eigenvalue weighted by Gasteiger charge is 2.19. The maximum absolute atomic E-state index is 12.9. The normalized spacial score (nSPS) is 13.3. The van der Waals surface area contributed by atoms with Crippen LogP contribution in [-0.2, 0) is 28.6 Å². The standard InChI is InChI=1S/C75H118O6/c1-4-7-10-13-16-19-22-24-26-28-30-31-32-33-34-35-36-37-38-39-40-41-42-43-45-46-48-50-53-56-59-62-65-68-74(77)80-71-72(70-79-73(76)67-64-61-58-55-52-21-18-15-12-9-6-3)81-75(78)69-66-63-60-57-54-51-49-47-44-29-27-25-23-20-17-14-11-8-5-2/h7-8,10-11,16-17,19-20,24-27,30-31,33-34,36-37,39-40,42-44,46-48,53,56,72H,4-6,9,12-15,18,21-23,28-29,32,35,38,41,45,49-52,54-55,57-71H2,1-3H3/b10-7-,11-8-,19-16-,20-17-,26-24-,27-25-,31-30-,34-33-,37-36-,40-39-,43-42-,47-44-,48-46-,56-53-. The number of allylic oxidation sites excluding steroid dienone is 28. The summed E-state index contributed by atoms with van der Waals surface area (Å²) in [5.41, 5.74) is 0. The minimum atomic E-state index is -0.811. The van der Waals surface area contributed by atoms with Crippen molar-refractivity contribution in [1.29, 1.82) is 0 Å². The molecule has 6 nitrogen and oxygen atoms in total. The molecule has 0 saturated carbocycles. The predicted octanol–water partition coefficient (Wildman–Crippen LogP) is 22.7. The summed E-state index contributed by atoms with van der Waals surface area (Å²) in [5, 5.41) is 0. The van der Waals surface area contributed by atoms with Gasteiger partial charge >= 0.3 is 17.9 Å². The second-order valence-electron chi connectivity index (χ2n) is 20.9. The third kappa shape index (κ3) is 65.5. The molecule has 0 spiro atoms. The Morgan fingerprint density at radius 3 is 0.778 bits per heavy atom. The Morgan fingerprint density at radius 1 is 0.259 bits per heavy atom. The molecule has 0 aliphatic carbocycles. The zero-order valence-electron chi connectivity index (χ0n) is 52.0. The van der Waals surface area contributed by atoms with Gasteiger partial charge in [0.25, 0.3) is 0 Å². The first-order chi connectivity index (χ1) is 40.0. The monoisotopic (exact) mass is 1110 g/mol. The molecule has 0 radical (unpaired) electrons. The topological polar surface area (TPSA) is 78.9 Å². The Morgan fingerprint density at radius 2 is 0.481 bits per heavy atom. The van der Waals surface area contributed by atoms with Crippen LogP contribution in [0.2, 0.25) is 0 Å². The first-order valence-corrected chi connectivity index (χ1v) is 32.6. The highest BCUT2D eigenvalue weighted by atomic mass is 16.6. The van der Waals surface area contributed by atoms with Crippen LogP contribution < -0.4 is 0 Å². The molecule has 0 rings (SSSR count). The number of hydrogen-bond acceptors (Lipinski definition) is 6. The predicted molar refractivity (Wildman–Crippen MR) is 352 cm³/mol. The molecule has 0 fully saturated rings. The molecule has 0 aliphatic rings. The van der Waals surface area contributed by atoms with Crippen molar-refractivity contribution in [3.05, 3.63) is 170 Å². The second-order valence-corrected chi connectivity index (χ2v) is 20.9. The maximum atomic E-state index is 12.9. The van der Waals surface area contributed by atoms with Crippen molar-refractivity contribution < 1.29 is 28.6 Å². The van der Waals surface area contributed by atoms with Crippen LogP contribution in [0.25, 0.3) is 0 Å². The minimum Gasteiger partial charge on any atom is -0.462 e. The molecular formula is C75H118O6. The first kappa shape index (κ1) is 75.8. The molecule has 454 valence electrons. The highest BCUT2D eigenvalue weighted by molar-refractivity contribution is 5.71. The van der Waals surface area contributed by atoms with Crippen molar-refractivity contribution in [1.82, 2.24) is 0 Å². The first-order valence-electron chi connectivity index (χ1n) is 32.6. The summed E-state index contributed by atoms with van der Waals surface area (Å²) in [5.74, 6) is -0.968. The number of hydrogen-bond donors (Lipinski definition) is 0. The van der Waals surface area contributed by atoms with Crippen LogP contribution >= 0.6 is 0 Å². The lowest BCUT2D eigenvalue weighted by atomic mass is 10.1.